The van der Waals surface area contributed by atoms with Crippen molar-refractivity contribution in [3.05, 3.63) is 53.5 Å². The molecule has 0 radical (unpaired) electrons. The number of benzene rings is 1. The van der Waals surface area contributed by atoms with E-state index in [4.69, 9.17) is 4.42 Å². The van der Waals surface area contributed by atoms with Crippen LogP contribution in [0.5, 0.6) is 0 Å². The van der Waals surface area contributed by atoms with Gasteiger partial charge in [-0.1, -0.05) is 19.1 Å². The van der Waals surface area contributed by atoms with E-state index in [-0.39, 0.29) is 11.9 Å². The van der Waals surface area contributed by atoms with Gasteiger partial charge in [0.25, 0.3) is 0 Å². The van der Waals surface area contributed by atoms with Crippen LogP contribution in [0.4, 0.5) is 5.69 Å². The fraction of sp³-hybridized carbons (Fsp3) is 0.353. The summed E-state index contributed by atoms with van der Waals surface area (Å²) in [5.41, 5.74) is 4.59. The molecule has 3 rings (SSSR count). The van der Waals surface area contributed by atoms with Gasteiger partial charge in [0.1, 0.15) is 0 Å². The second kappa shape index (κ2) is 5.74. The van der Waals surface area contributed by atoms with Crippen molar-refractivity contribution in [2.45, 2.75) is 25.8 Å². The Morgan fingerprint density at radius 1 is 1.29 bits per heavy atom. The summed E-state index contributed by atoms with van der Waals surface area (Å²) in [4.78, 5) is 13.5. The second-order valence-corrected chi connectivity index (χ2v) is 5.39. The second-order valence-electron chi connectivity index (χ2n) is 5.39. The minimum atomic E-state index is 0.127. The molecule has 1 aromatic heterocycles. The van der Waals surface area contributed by atoms with Gasteiger partial charge in [-0.2, -0.15) is 0 Å². The van der Waals surface area contributed by atoms with Crippen LogP contribution in [0.2, 0.25) is 0 Å². The van der Waals surface area contributed by atoms with E-state index >= 15 is 0 Å². The van der Waals surface area contributed by atoms with E-state index in [2.05, 4.69) is 24.4 Å². The molecule has 1 aliphatic heterocycles. The number of hydrogen-bond acceptors (Lipinski definition) is 3. The SMILES string of the molecule is CCNC(c1ccoc1)c1ccc2c(c1)CCC(=O)N2C. The molecule has 0 fully saturated rings. The van der Waals surface area contributed by atoms with Crippen LogP contribution >= 0.6 is 0 Å². The molecule has 1 aromatic carbocycles. The third-order valence-corrected chi connectivity index (χ3v) is 4.07. The number of amides is 1. The Labute approximate surface area is 124 Å². The van der Waals surface area contributed by atoms with E-state index in [9.17, 15) is 4.79 Å². The lowest BCUT2D eigenvalue weighted by Gasteiger charge is -2.27. The van der Waals surface area contributed by atoms with E-state index in [1.807, 2.05) is 19.2 Å². The molecule has 1 N–H and O–H groups in total. The number of nitrogens with zero attached hydrogens (tertiary/aromatic N) is 1. The summed E-state index contributed by atoms with van der Waals surface area (Å²) >= 11 is 0. The van der Waals surface area contributed by atoms with E-state index in [1.165, 1.54) is 11.1 Å². The molecular formula is C17H20N2O2. The zero-order valence-corrected chi connectivity index (χ0v) is 12.4. The third kappa shape index (κ3) is 2.59. The standard InChI is InChI=1S/C17H20N2O2/c1-3-18-17(14-8-9-21-11-14)13-4-6-15-12(10-13)5-7-16(20)19(15)2/h4,6,8-11,17-18H,3,5,7H2,1-2H3. The van der Waals surface area contributed by atoms with Crippen molar-refractivity contribution >= 4 is 11.6 Å². The number of aryl methyl sites for hydroxylation is 1. The van der Waals surface area contributed by atoms with E-state index in [1.54, 1.807) is 17.4 Å². The molecule has 21 heavy (non-hydrogen) atoms. The summed E-state index contributed by atoms with van der Waals surface area (Å²) in [5.74, 6) is 0.188. The van der Waals surface area contributed by atoms with Gasteiger partial charge in [0.2, 0.25) is 5.91 Å². The molecule has 1 aliphatic rings. The first kappa shape index (κ1) is 13.9. The van der Waals surface area contributed by atoms with Crippen LogP contribution in [0.15, 0.2) is 41.2 Å². The highest BCUT2D eigenvalue weighted by molar-refractivity contribution is 5.95. The average Bonchev–Trinajstić information content (AvgIpc) is 3.02. The molecule has 0 saturated heterocycles. The van der Waals surface area contributed by atoms with Gasteiger partial charge in [-0.3, -0.25) is 4.79 Å². The van der Waals surface area contributed by atoms with Crippen molar-refractivity contribution in [3.63, 3.8) is 0 Å². The molecule has 1 amide bonds. The Kier molecular flexibility index (Phi) is 3.80. The zero-order valence-electron chi connectivity index (χ0n) is 12.4. The molecule has 2 heterocycles. The van der Waals surface area contributed by atoms with Gasteiger partial charge in [0, 0.05) is 24.7 Å². The lowest BCUT2D eigenvalue weighted by molar-refractivity contribution is -0.118. The fourth-order valence-electron chi connectivity index (χ4n) is 2.93. The lowest BCUT2D eigenvalue weighted by Crippen LogP contribution is -2.31. The summed E-state index contributed by atoms with van der Waals surface area (Å²) < 4.78 is 5.21. The highest BCUT2D eigenvalue weighted by Gasteiger charge is 2.22. The van der Waals surface area contributed by atoms with Crippen molar-refractivity contribution in [2.24, 2.45) is 0 Å². The Hall–Kier alpha value is -2.07. The molecule has 0 bridgehead atoms. The molecular weight excluding hydrogens is 264 g/mol. The minimum Gasteiger partial charge on any atom is -0.472 e. The van der Waals surface area contributed by atoms with Crippen molar-refractivity contribution in [1.29, 1.82) is 0 Å². The number of nitrogens with one attached hydrogen (secondary N) is 1. The van der Waals surface area contributed by atoms with Gasteiger partial charge >= 0.3 is 0 Å². The molecule has 4 heteroatoms. The number of anilines is 1. The first-order chi connectivity index (χ1) is 10.2. The van der Waals surface area contributed by atoms with Crippen LogP contribution in [0.25, 0.3) is 0 Å². The largest absolute Gasteiger partial charge is 0.472 e. The normalized spacial score (nSPS) is 15.9. The number of hydrogen-bond donors (Lipinski definition) is 1. The fourth-order valence-corrected chi connectivity index (χ4v) is 2.93. The summed E-state index contributed by atoms with van der Waals surface area (Å²) in [7, 11) is 1.85. The van der Waals surface area contributed by atoms with Crippen molar-refractivity contribution in [1.82, 2.24) is 5.32 Å². The van der Waals surface area contributed by atoms with E-state index in [0.29, 0.717) is 6.42 Å². The highest BCUT2D eigenvalue weighted by Crippen LogP contribution is 2.31. The first-order valence-corrected chi connectivity index (χ1v) is 7.35. The van der Waals surface area contributed by atoms with Crippen LogP contribution in [-0.4, -0.2) is 19.5 Å². The average molecular weight is 284 g/mol. The summed E-state index contributed by atoms with van der Waals surface area (Å²) in [6.07, 6.45) is 4.88. The monoisotopic (exact) mass is 284 g/mol. The van der Waals surface area contributed by atoms with E-state index < -0.39 is 0 Å². The summed E-state index contributed by atoms with van der Waals surface area (Å²) in [6, 6.07) is 8.46. The minimum absolute atomic E-state index is 0.127. The van der Waals surface area contributed by atoms with Crippen molar-refractivity contribution < 1.29 is 9.21 Å². The smallest absolute Gasteiger partial charge is 0.227 e. The van der Waals surface area contributed by atoms with E-state index in [0.717, 1.165) is 24.2 Å². The van der Waals surface area contributed by atoms with Crippen molar-refractivity contribution in [2.75, 3.05) is 18.5 Å². The Morgan fingerprint density at radius 2 is 2.14 bits per heavy atom. The number of carbonyl (C=O) groups is 1. The number of carbonyl (C=O) groups excluding carboxylic acids is 1. The predicted octanol–water partition coefficient (Wildman–Crippen LogP) is 2.89. The van der Waals surface area contributed by atoms with Gasteiger partial charge < -0.3 is 14.6 Å². The molecule has 0 aliphatic carbocycles. The van der Waals surface area contributed by atoms with Crippen LogP contribution < -0.4 is 10.2 Å². The molecule has 4 nitrogen and oxygen atoms in total. The Morgan fingerprint density at radius 3 is 2.86 bits per heavy atom. The first-order valence-electron chi connectivity index (χ1n) is 7.35. The summed E-state index contributed by atoms with van der Waals surface area (Å²) in [6.45, 7) is 2.98. The third-order valence-electron chi connectivity index (χ3n) is 4.07. The van der Waals surface area contributed by atoms with Crippen LogP contribution in [0.1, 0.15) is 36.1 Å². The molecule has 110 valence electrons. The maximum atomic E-state index is 11.8. The molecule has 1 atom stereocenters. The van der Waals surface area contributed by atoms with Crippen LogP contribution in [-0.2, 0) is 11.2 Å². The Bertz CT molecular complexity index is 634. The topological polar surface area (TPSA) is 45.5 Å². The van der Waals surface area contributed by atoms with Gasteiger partial charge in [-0.05, 0) is 36.2 Å². The number of furan rings is 1. The number of fused-ring (bicyclic) bond motifs is 1. The van der Waals surface area contributed by atoms with Gasteiger partial charge in [0.15, 0.2) is 0 Å². The van der Waals surface area contributed by atoms with Gasteiger partial charge in [0.05, 0.1) is 18.6 Å². The molecule has 0 saturated carbocycles. The summed E-state index contributed by atoms with van der Waals surface area (Å²) in [5, 5.41) is 3.49. The van der Waals surface area contributed by atoms with Crippen LogP contribution in [0, 0.1) is 0 Å². The van der Waals surface area contributed by atoms with Gasteiger partial charge in [-0.25, -0.2) is 0 Å². The maximum absolute atomic E-state index is 11.8. The van der Waals surface area contributed by atoms with Crippen LogP contribution in [0.3, 0.4) is 0 Å². The molecule has 1 unspecified atom stereocenters. The Balaban J connectivity index is 1.97. The maximum Gasteiger partial charge on any atom is 0.227 e. The molecule has 0 spiro atoms. The number of rotatable bonds is 4. The van der Waals surface area contributed by atoms with Gasteiger partial charge in [-0.15, -0.1) is 0 Å². The van der Waals surface area contributed by atoms with Crippen molar-refractivity contribution in [3.8, 4) is 0 Å². The highest BCUT2D eigenvalue weighted by atomic mass is 16.3. The quantitative estimate of drug-likeness (QED) is 0.939. The predicted molar refractivity (Wildman–Crippen MR) is 82.4 cm³/mol. The molecule has 2 aromatic rings. The zero-order chi connectivity index (χ0) is 14.8. The lowest BCUT2D eigenvalue weighted by atomic mass is 9.94.